The van der Waals surface area contributed by atoms with Crippen molar-refractivity contribution >= 4 is 17.2 Å². The molecule has 0 fully saturated rings. The van der Waals surface area contributed by atoms with Gasteiger partial charge in [-0.25, -0.2) is 9.50 Å². The summed E-state index contributed by atoms with van der Waals surface area (Å²) in [5, 5.41) is 4.34. The van der Waals surface area contributed by atoms with Crippen LogP contribution in [0, 0.1) is 0 Å². The van der Waals surface area contributed by atoms with Crippen molar-refractivity contribution in [1.82, 2.24) is 24.1 Å². The molecule has 0 saturated carbocycles. The predicted molar refractivity (Wildman–Crippen MR) is 94.4 cm³/mol. The molecule has 27 heavy (non-hydrogen) atoms. The molecule has 9 heteroatoms. The van der Waals surface area contributed by atoms with Gasteiger partial charge < -0.3 is 4.57 Å². The molecule has 138 valence electrons. The third-order valence-corrected chi connectivity index (χ3v) is 4.34. The van der Waals surface area contributed by atoms with E-state index in [1.807, 2.05) is 30.3 Å². The smallest absolute Gasteiger partial charge is 0.333 e. The third-order valence-electron chi connectivity index (χ3n) is 4.18. The number of nitrogens with zero attached hydrogens (tertiary/aromatic N) is 5. The van der Waals surface area contributed by atoms with Crippen LogP contribution in [-0.4, -0.2) is 24.1 Å². The van der Waals surface area contributed by atoms with Gasteiger partial charge in [-0.1, -0.05) is 30.3 Å². The molecule has 0 bridgehead atoms. The first-order valence-electron chi connectivity index (χ1n) is 8.01. The zero-order chi connectivity index (χ0) is 19.2. The standard InChI is InChI=1S/C18H13ClF3N5/c1-26-10-14(18(20,21)22)23-16(26)12-7-5-11(6-8-12)9-13-3-2-4-15-24-17(19)25-27(13)15/h2-8,10H,9H2,1H3. The van der Waals surface area contributed by atoms with Crippen LogP contribution in [-0.2, 0) is 19.6 Å². The fourth-order valence-electron chi connectivity index (χ4n) is 2.92. The van der Waals surface area contributed by atoms with E-state index >= 15 is 0 Å². The quantitative estimate of drug-likeness (QED) is 0.520. The minimum absolute atomic E-state index is 0.174. The summed E-state index contributed by atoms with van der Waals surface area (Å²) in [6.07, 6.45) is -2.90. The van der Waals surface area contributed by atoms with E-state index in [4.69, 9.17) is 11.6 Å². The van der Waals surface area contributed by atoms with Gasteiger partial charge in [-0.05, 0) is 29.3 Å². The van der Waals surface area contributed by atoms with Crippen molar-refractivity contribution in [3.63, 3.8) is 0 Å². The average Bonchev–Trinajstić information content (AvgIpc) is 3.18. The Labute approximate surface area is 157 Å². The summed E-state index contributed by atoms with van der Waals surface area (Å²) in [5.74, 6) is 0.263. The summed E-state index contributed by atoms with van der Waals surface area (Å²) < 4.78 is 41.5. The maximum atomic E-state index is 12.8. The molecule has 0 aliphatic carbocycles. The largest absolute Gasteiger partial charge is 0.434 e. The normalized spacial score (nSPS) is 12.0. The molecular weight excluding hydrogens is 379 g/mol. The topological polar surface area (TPSA) is 48.0 Å². The third kappa shape index (κ3) is 3.40. The van der Waals surface area contributed by atoms with Crippen molar-refractivity contribution in [2.24, 2.45) is 7.05 Å². The molecule has 0 saturated heterocycles. The van der Waals surface area contributed by atoms with E-state index in [0.717, 1.165) is 17.5 Å². The van der Waals surface area contributed by atoms with Crippen LogP contribution in [0.4, 0.5) is 13.2 Å². The maximum Gasteiger partial charge on any atom is 0.434 e. The molecule has 0 amide bonds. The van der Waals surface area contributed by atoms with Gasteiger partial charge in [-0.15, -0.1) is 5.10 Å². The highest BCUT2D eigenvalue weighted by molar-refractivity contribution is 6.28. The number of hydrogen-bond acceptors (Lipinski definition) is 3. The van der Waals surface area contributed by atoms with Crippen molar-refractivity contribution in [2.45, 2.75) is 12.6 Å². The molecule has 1 aromatic carbocycles. The van der Waals surface area contributed by atoms with Crippen molar-refractivity contribution in [3.8, 4) is 11.4 Å². The Bertz CT molecular complexity index is 1110. The first kappa shape index (κ1) is 17.5. The Kier molecular flexibility index (Phi) is 4.15. The lowest BCUT2D eigenvalue weighted by molar-refractivity contribution is -0.140. The average molecular weight is 392 g/mol. The SMILES string of the molecule is Cn1cc(C(F)(F)F)nc1-c1ccc(Cc2cccc3nc(Cl)nn23)cc1. The van der Waals surface area contributed by atoms with Crippen LogP contribution in [0.3, 0.4) is 0 Å². The Morgan fingerprint density at radius 3 is 2.44 bits per heavy atom. The maximum absolute atomic E-state index is 12.8. The van der Waals surface area contributed by atoms with Gasteiger partial charge >= 0.3 is 6.18 Å². The summed E-state index contributed by atoms with van der Waals surface area (Å²) in [4.78, 5) is 7.82. The molecule has 0 aliphatic rings. The molecule has 0 spiro atoms. The summed E-state index contributed by atoms with van der Waals surface area (Å²) in [6, 6.07) is 12.8. The number of rotatable bonds is 3. The lowest BCUT2D eigenvalue weighted by Gasteiger charge is -2.06. The number of halogens is 4. The lowest BCUT2D eigenvalue weighted by atomic mass is 10.1. The van der Waals surface area contributed by atoms with E-state index in [0.29, 0.717) is 17.6 Å². The van der Waals surface area contributed by atoms with Crippen LogP contribution in [0.1, 0.15) is 17.0 Å². The van der Waals surface area contributed by atoms with E-state index in [1.54, 1.807) is 23.7 Å². The summed E-state index contributed by atoms with van der Waals surface area (Å²) in [5.41, 5.74) is 2.23. The van der Waals surface area contributed by atoms with Crippen LogP contribution in [0.5, 0.6) is 0 Å². The number of imidazole rings is 1. The number of aromatic nitrogens is 5. The van der Waals surface area contributed by atoms with Gasteiger partial charge in [0.05, 0.1) is 0 Å². The molecule has 3 aromatic heterocycles. The van der Waals surface area contributed by atoms with Gasteiger partial charge in [0.25, 0.3) is 0 Å². The van der Waals surface area contributed by atoms with E-state index in [-0.39, 0.29) is 11.1 Å². The fraction of sp³-hybridized carbons (Fsp3) is 0.167. The monoisotopic (exact) mass is 391 g/mol. The molecule has 0 radical (unpaired) electrons. The Morgan fingerprint density at radius 2 is 1.78 bits per heavy atom. The van der Waals surface area contributed by atoms with Crippen molar-refractivity contribution in [3.05, 3.63) is 70.9 Å². The van der Waals surface area contributed by atoms with Gasteiger partial charge in [-0.2, -0.15) is 18.2 Å². The van der Waals surface area contributed by atoms with Gasteiger partial charge in [0.15, 0.2) is 11.3 Å². The number of alkyl halides is 3. The van der Waals surface area contributed by atoms with Crippen molar-refractivity contribution in [1.29, 1.82) is 0 Å². The molecular formula is C18H13ClF3N5. The van der Waals surface area contributed by atoms with Gasteiger partial charge in [0.1, 0.15) is 5.82 Å². The summed E-state index contributed by atoms with van der Waals surface area (Å²) in [6.45, 7) is 0. The summed E-state index contributed by atoms with van der Waals surface area (Å²) >= 11 is 5.86. The van der Waals surface area contributed by atoms with E-state index in [1.165, 1.54) is 4.57 Å². The Morgan fingerprint density at radius 1 is 1.04 bits per heavy atom. The highest BCUT2D eigenvalue weighted by Crippen LogP contribution is 2.30. The molecule has 4 rings (SSSR count). The van der Waals surface area contributed by atoms with Crippen LogP contribution in [0.15, 0.2) is 48.7 Å². The minimum atomic E-state index is -4.46. The minimum Gasteiger partial charge on any atom is -0.333 e. The second-order valence-corrected chi connectivity index (χ2v) is 6.44. The number of pyridine rings is 1. The molecule has 5 nitrogen and oxygen atoms in total. The molecule has 0 aliphatic heterocycles. The zero-order valence-corrected chi connectivity index (χ0v) is 14.8. The zero-order valence-electron chi connectivity index (χ0n) is 14.1. The fourth-order valence-corrected chi connectivity index (χ4v) is 3.08. The van der Waals surface area contributed by atoms with E-state index in [2.05, 4.69) is 15.1 Å². The Hall–Kier alpha value is -2.87. The lowest BCUT2D eigenvalue weighted by Crippen LogP contribution is -2.04. The van der Waals surface area contributed by atoms with Gasteiger partial charge in [0.2, 0.25) is 5.28 Å². The van der Waals surface area contributed by atoms with Crippen molar-refractivity contribution < 1.29 is 13.2 Å². The number of hydrogen-bond donors (Lipinski definition) is 0. The highest BCUT2D eigenvalue weighted by Gasteiger charge is 2.34. The number of aryl methyl sites for hydroxylation is 1. The van der Waals surface area contributed by atoms with E-state index < -0.39 is 11.9 Å². The number of fused-ring (bicyclic) bond motifs is 1. The highest BCUT2D eigenvalue weighted by atomic mass is 35.5. The molecule has 4 aromatic rings. The first-order valence-corrected chi connectivity index (χ1v) is 8.39. The first-order chi connectivity index (χ1) is 12.8. The van der Waals surface area contributed by atoms with Gasteiger partial charge in [-0.3, -0.25) is 0 Å². The van der Waals surface area contributed by atoms with Crippen LogP contribution in [0.25, 0.3) is 17.0 Å². The Balaban J connectivity index is 1.62. The second-order valence-electron chi connectivity index (χ2n) is 6.10. The van der Waals surface area contributed by atoms with E-state index in [9.17, 15) is 13.2 Å². The number of benzene rings is 1. The molecule has 0 atom stereocenters. The molecule has 3 heterocycles. The van der Waals surface area contributed by atoms with Crippen molar-refractivity contribution in [2.75, 3.05) is 0 Å². The predicted octanol–water partition coefficient (Wildman–Crippen LogP) is 4.39. The van der Waals surface area contributed by atoms with Gasteiger partial charge in [0, 0.05) is 30.9 Å². The molecule has 0 unspecified atom stereocenters. The van der Waals surface area contributed by atoms with Crippen LogP contribution in [0.2, 0.25) is 5.28 Å². The van der Waals surface area contributed by atoms with Crippen LogP contribution < -0.4 is 0 Å². The second kappa shape index (κ2) is 6.38. The van der Waals surface area contributed by atoms with Crippen LogP contribution >= 0.6 is 11.6 Å². The summed E-state index contributed by atoms with van der Waals surface area (Å²) in [7, 11) is 1.54. The molecule has 0 N–H and O–H groups in total.